The average molecular weight is 420 g/mol. The SMILES string of the molecule is CCn1nccc1C(=O)N1CCN(c2ccc(C#N)c(C(F)(F)F)c2)CC1C(N)=O. The number of alkyl halides is 3. The number of piperazine rings is 1. The van der Waals surface area contributed by atoms with Crippen LogP contribution in [0.15, 0.2) is 30.5 Å². The number of anilines is 1. The molecule has 0 spiro atoms. The predicted molar refractivity (Wildman–Crippen MR) is 100 cm³/mol. The van der Waals surface area contributed by atoms with Gasteiger partial charge < -0.3 is 15.5 Å². The number of nitrogens with zero attached hydrogens (tertiary/aromatic N) is 5. The van der Waals surface area contributed by atoms with Crippen molar-refractivity contribution in [3.8, 4) is 6.07 Å². The summed E-state index contributed by atoms with van der Waals surface area (Å²) in [4.78, 5) is 27.8. The number of rotatable bonds is 4. The number of carbonyl (C=O) groups is 2. The highest BCUT2D eigenvalue weighted by atomic mass is 19.4. The number of hydrogen-bond acceptors (Lipinski definition) is 5. The van der Waals surface area contributed by atoms with Gasteiger partial charge in [-0.05, 0) is 31.2 Å². The van der Waals surface area contributed by atoms with Crippen LogP contribution in [0.25, 0.3) is 0 Å². The van der Waals surface area contributed by atoms with Gasteiger partial charge in [0.1, 0.15) is 11.7 Å². The molecule has 30 heavy (non-hydrogen) atoms. The van der Waals surface area contributed by atoms with Crippen LogP contribution in [-0.2, 0) is 17.5 Å². The van der Waals surface area contributed by atoms with Crippen molar-refractivity contribution in [2.75, 3.05) is 24.5 Å². The molecule has 1 atom stereocenters. The molecule has 3 rings (SSSR count). The van der Waals surface area contributed by atoms with Gasteiger partial charge in [-0.15, -0.1) is 0 Å². The smallest absolute Gasteiger partial charge is 0.368 e. The molecule has 2 aromatic rings. The number of benzene rings is 1. The lowest BCUT2D eigenvalue weighted by Crippen LogP contribution is -2.60. The summed E-state index contributed by atoms with van der Waals surface area (Å²) >= 11 is 0. The Bertz CT molecular complexity index is 1010. The van der Waals surface area contributed by atoms with Gasteiger partial charge in [-0.3, -0.25) is 14.3 Å². The molecule has 2 amide bonds. The fourth-order valence-electron chi connectivity index (χ4n) is 3.48. The Kier molecular flexibility index (Phi) is 5.69. The maximum absolute atomic E-state index is 13.3. The molecule has 0 saturated carbocycles. The second-order valence-corrected chi connectivity index (χ2v) is 6.73. The summed E-state index contributed by atoms with van der Waals surface area (Å²) < 4.78 is 41.3. The molecule has 158 valence electrons. The molecule has 1 saturated heterocycles. The maximum atomic E-state index is 13.3. The van der Waals surface area contributed by atoms with E-state index in [2.05, 4.69) is 5.10 Å². The third-order valence-corrected chi connectivity index (χ3v) is 5.00. The van der Waals surface area contributed by atoms with Crippen LogP contribution in [0.2, 0.25) is 0 Å². The van der Waals surface area contributed by atoms with E-state index in [0.29, 0.717) is 12.2 Å². The van der Waals surface area contributed by atoms with E-state index < -0.39 is 35.2 Å². The number of hydrogen-bond donors (Lipinski definition) is 1. The van der Waals surface area contributed by atoms with E-state index in [1.165, 1.54) is 34.0 Å². The zero-order chi connectivity index (χ0) is 22.1. The quantitative estimate of drug-likeness (QED) is 0.809. The Morgan fingerprint density at radius 1 is 1.30 bits per heavy atom. The van der Waals surface area contributed by atoms with Gasteiger partial charge >= 0.3 is 6.18 Å². The van der Waals surface area contributed by atoms with Crippen molar-refractivity contribution in [3.05, 3.63) is 47.3 Å². The second-order valence-electron chi connectivity index (χ2n) is 6.73. The number of aryl methyl sites for hydroxylation is 1. The number of carbonyl (C=O) groups excluding carboxylic acids is 2. The van der Waals surface area contributed by atoms with Crippen LogP contribution in [0, 0.1) is 11.3 Å². The van der Waals surface area contributed by atoms with Crippen molar-refractivity contribution in [2.24, 2.45) is 5.73 Å². The normalized spacial score (nSPS) is 17.0. The molecule has 2 N–H and O–H groups in total. The molecular weight excluding hydrogens is 401 g/mol. The zero-order valence-corrected chi connectivity index (χ0v) is 16.1. The van der Waals surface area contributed by atoms with Gasteiger partial charge in [0.25, 0.3) is 5.91 Å². The van der Waals surface area contributed by atoms with E-state index in [0.717, 1.165) is 12.1 Å². The lowest BCUT2D eigenvalue weighted by atomic mass is 10.0. The van der Waals surface area contributed by atoms with Crippen LogP contribution in [0.3, 0.4) is 0 Å². The summed E-state index contributed by atoms with van der Waals surface area (Å²) in [6, 6.07) is 5.39. The first kappa shape index (κ1) is 21.2. The van der Waals surface area contributed by atoms with Crippen LogP contribution >= 0.6 is 0 Å². The van der Waals surface area contributed by atoms with E-state index in [4.69, 9.17) is 11.0 Å². The molecule has 1 aliphatic rings. The van der Waals surface area contributed by atoms with E-state index in [-0.39, 0.29) is 25.3 Å². The molecule has 11 heteroatoms. The molecule has 1 aliphatic heterocycles. The highest BCUT2D eigenvalue weighted by Crippen LogP contribution is 2.35. The number of halogens is 3. The molecule has 8 nitrogen and oxygen atoms in total. The zero-order valence-electron chi connectivity index (χ0n) is 16.1. The van der Waals surface area contributed by atoms with Crippen LogP contribution in [0.5, 0.6) is 0 Å². The second kappa shape index (κ2) is 8.06. The average Bonchev–Trinajstić information content (AvgIpc) is 3.20. The third kappa shape index (κ3) is 3.94. The highest BCUT2D eigenvalue weighted by molar-refractivity contribution is 5.96. The topological polar surface area (TPSA) is 108 Å². The van der Waals surface area contributed by atoms with Gasteiger partial charge in [0, 0.05) is 38.1 Å². The standard InChI is InChI=1S/C19H19F3N6O2/c1-2-28-15(5-6-25-28)18(30)27-8-7-26(11-16(27)17(24)29)13-4-3-12(10-23)14(9-13)19(20,21)22/h3-6,9,16H,2,7-8,11H2,1H3,(H2,24,29). The summed E-state index contributed by atoms with van der Waals surface area (Å²) in [5, 5.41) is 13.0. The minimum Gasteiger partial charge on any atom is -0.368 e. The Balaban J connectivity index is 1.88. The van der Waals surface area contributed by atoms with E-state index in [9.17, 15) is 22.8 Å². The van der Waals surface area contributed by atoms with E-state index >= 15 is 0 Å². The van der Waals surface area contributed by atoms with Gasteiger partial charge in [0.2, 0.25) is 5.91 Å². The number of primary amides is 1. The minimum atomic E-state index is -4.69. The molecule has 1 aromatic heterocycles. The molecule has 0 radical (unpaired) electrons. The van der Waals surface area contributed by atoms with Crippen molar-refractivity contribution in [2.45, 2.75) is 25.7 Å². The van der Waals surface area contributed by atoms with Gasteiger partial charge in [0.05, 0.1) is 17.2 Å². The van der Waals surface area contributed by atoms with E-state index in [1.807, 2.05) is 6.92 Å². The lowest BCUT2D eigenvalue weighted by molar-refractivity contribution is -0.137. The largest absolute Gasteiger partial charge is 0.417 e. The molecule has 1 aromatic carbocycles. The van der Waals surface area contributed by atoms with Gasteiger partial charge in [-0.2, -0.15) is 23.5 Å². The Morgan fingerprint density at radius 2 is 2.03 bits per heavy atom. The molecule has 1 fully saturated rings. The van der Waals surface area contributed by atoms with Crippen molar-refractivity contribution >= 4 is 17.5 Å². The summed E-state index contributed by atoms with van der Waals surface area (Å²) in [6.07, 6.45) is -3.22. The summed E-state index contributed by atoms with van der Waals surface area (Å²) in [5.74, 6) is -1.19. The Labute approximate surface area is 170 Å². The van der Waals surface area contributed by atoms with Crippen molar-refractivity contribution in [3.63, 3.8) is 0 Å². The Morgan fingerprint density at radius 3 is 2.63 bits per heavy atom. The summed E-state index contributed by atoms with van der Waals surface area (Å²) in [7, 11) is 0. The van der Waals surface area contributed by atoms with Crippen LogP contribution in [0.4, 0.5) is 18.9 Å². The first-order valence-electron chi connectivity index (χ1n) is 9.15. The predicted octanol–water partition coefficient (Wildman–Crippen LogP) is 1.61. The van der Waals surface area contributed by atoms with Gasteiger partial charge in [-0.25, -0.2) is 0 Å². The van der Waals surface area contributed by atoms with Crippen LogP contribution in [-0.4, -0.2) is 52.2 Å². The van der Waals surface area contributed by atoms with E-state index in [1.54, 1.807) is 4.90 Å². The van der Waals surface area contributed by atoms with Crippen molar-refractivity contribution in [1.82, 2.24) is 14.7 Å². The summed E-state index contributed by atoms with van der Waals surface area (Å²) in [6.45, 7) is 2.49. The molecule has 0 bridgehead atoms. The first-order chi connectivity index (χ1) is 14.2. The van der Waals surface area contributed by atoms with Gasteiger partial charge in [-0.1, -0.05) is 0 Å². The monoisotopic (exact) mass is 420 g/mol. The number of nitrogens with two attached hydrogens (primary N) is 1. The number of nitriles is 1. The summed E-state index contributed by atoms with van der Waals surface area (Å²) in [5.41, 5.74) is 4.45. The number of amides is 2. The van der Waals surface area contributed by atoms with Crippen LogP contribution < -0.4 is 10.6 Å². The Hall–Kier alpha value is -3.55. The molecule has 0 aliphatic carbocycles. The van der Waals surface area contributed by atoms with Crippen molar-refractivity contribution < 1.29 is 22.8 Å². The maximum Gasteiger partial charge on any atom is 0.417 e. The van der Waals surface area contributed by atoms with Crippen molar-refractivity contribution in [1.29, 1.82) is 5.26 Å². The highest BCUT2D eigenvalue weighted by Gasteiger charge is 2.38. The van der Waals surface area contributed by atoms with Gasteiger partial charge in [0.15, 0.2) is 0 Å². The van der Waals surface area contributed by atoms with Crippen LogP contribution in [0.1, 0.15) is 28.5 Å². The molecule has 2 heterocycles. The fourth-order valence-corrected chi connectivity index (χ4v) is 3.48. The number of aromatic nitrogens is 2. The first-order valence-corrected chi connectivity index (χ1v) is 9.15. The lowest BCUT2D eigenvalue weighted by Gasteiger charge is -2.41. The molecule has 1 unspecified atom stereocenters. The third-order valence-electron chi connectivity index (χ3n) is 5.00. The molecular formula is C19H19F3N6O2. The fraction of sp³-hybridized carbons (Fsp3) is 0.368. The minimum absolute atomic E-state index is 0.0649.